The quantitative estimate of drug-likeness (QED) is 0.305. The van der Waals surface area contributed by atoms with Gasteiger partial charge in [0.05, 0.1) is 6.42 Å². The lowest BCUT2D eigenvalue weighted by molar-refractivity contribution is -0.119. The van der Waals surface area contributed by atoms with E-state index < -0.39 is 0 Å². The van der Waals surface area contributed by atoms with Crippen LogP contribution in [0.25, 0.3) is 0 Å². The van der Waals surface area contributed by atoms with Crippen molar-refractivity contribution in [2.24, 2.45) is 10.9 Å². The van der Waals surface area contributed by atoms with Crippen LogP contribution in [0, 0.1) is 6.92 Å². The Bertz CT molecular complexity index is 416. The summed E-state index contributed by atoms with van der Waals surface area (Å²) >= 11 is 0. The number of benzene rings is 1. The number of rotatable bonds is 5. The maximum absolute atomic E-state index is 11.3. The first-order valence-electron chi connectivity index (χ1n) is 5.40. The molecule has 0 saturated heterocycles. The average Bonchev–Trinajstić information content (AvgIpc) is 2.29. The zero-order valence-electron chi connectivity index (χ0n) is 9.81. The van der Waals surface area contributed by atoms with E-state index >= 15 is 0 Å². The third-order valence-electron chi connectivity index (χ3n) is 2.29. The molecule has 1 aromatic rings. The van der Waals surface area contributed by atoms with Crippen molar-refractivity contribution in [3.8, 4) is 0 Å². The lowest BCUT2D eigenvalue weighted by Gasteiger charge is -2.05. The van der Waals surface area contributed by atoms with Gasteiger partial charge in [0.15, 0.2) is 0 Å². The van der Waals surface area contributed by atoms with Gasteiger partial charge in [0, 0.05) is 6.54 Å². The summed E-state index contributed by atoms with van der Waals surface area (Å²) in [5.41, 5.74) is 7.59. The van der Waals surface area contributed by atoms with Crippen molar-refractivity contribution in [3.05, 3.63) is 35.4 Å². The summed E-state index contributed by atoms with van der Waals surface area (Å²) in [6, 6.07) is 8.11. The fourth-order valence-corrected chi connectivity index (χ4v) is 1.48. The second-order valence-corrected chi connectivity index (χ2v) is 3.86. The number of carbonyl (C=O) groups is 1. The lowest BCUT2D eigenvalue weighted by atomic mass is 10.1. The first-order chi connectivity index (χ1) is 8.11. The first kappa shape index (κ1) is 13.0. The van der Waals surface area contributed by atoms with Crippen LogP contribution in [0.2, 0.25) is 0 Å². The van der Waals surface area contributed by atoms with Gasteiger partial charge in [-0.15, -0.1) is 0 Å². The zero-order valence-corrected chi connectivity index (χ0v) is 9.81. The van der Waals surface area contributed by atoms with E-state index in [0.717, 1.165) is 6.42 Å². The van der Waals surface area contributed by atoms with Crippen LogP contribution in [0.15, 0.2) is 29.4 Å². The van der Waals surface area contributed by atoms with Gasteiger partial charge in [-0.05, 0) is 18.9 Å². The molecular weight excluding hydrogens is 218 g/mol. The molecule has 0 fully saturated rings. The summed E-state index contributed by atoms with van der Waals surface area (Å²) in [5.74, 6) is -0.328. The number of amides is 1. The monoisotopic (exact) mass is 235 g/mol. The molecule has 0 aromatic heterocycles. The maximum Gasteiger partial charge on any atom is 0.227 e. The van der Waals surface area contributed by atoms with E-state index in [9.17, 15) is 4.79 Å². The second kappa shape index (κ2) is 6.52. The number of aryl methyl sites for hydroxylation is 1. The number of nitrogens with one attached hydrogen (secondary N) is 1. The van der Waals surface area contributed by atoms with Crippen molar-refractivity contribution in [3.63, 3.8) is 0 Å². The summed E-state index contributed by atoms with van der Waals surface area (Å²) in [4.78, 5) is 11.3. The van der Waals surface area contributed by atoms with E-state index in [0.29, 0.717) is 6.54 Å². The van der Waals surface area contributed by atoms with Crippen molar-refractivity contribution < 1.29 is 10.0 Å². The minimum absolute atomic E-state index is 0.0791. The van der Waals surface area contributed by atoms with Crippen LogP contribution in [0.5, 0.6) is 0 Å². The second-order valence-electron chi connectivity index (χ2n) is 3.86. The highest BCUT2D eigenvalue weighted by atomic mass is 16.4. The van der Waals surface area contributed by atoms with Crippen LogP contribution in [-0.4, -0.2) is 23.5 Å². The first-order valence-corrected chi connectivity index (χ1v) is 5.40. The van der Waals surface area contributed by atoms with E-state index in [1.807, 2.05) is 25.1 Å². The van der Waals surface area contributed by atoms with Crippen molar-refractivity contribution in [1.82, 2.24) is 5.32 Å². The molecular formula is C12H17N3O2. The zero-order chi connectivity index (χ0) is 12.7. The van der Waals surface area contributed by atoms with E-state index in [1.165, 1.54) is 11.1 Å². The summed E-state index contributed by atoms with van der Waals surface area (Å²) in [6.07, 6.45) is 0.688. The molecule has 0 bridgehead atoms. The highest BCUT2D eigenvalue weighted by Gasteiger charge is 2.03. The molecule has 0 saturated carbocycles. The third kappa shape index (κ3) is 5.01. The highest BCUT2D eigenvalue weighted by molar-refractivity contribution is 5.98. The number of carbonyl (C=O) groups excluding carboxylic acids is 1. The molecule has 92 valence electrons. The Labute approximate surface area is 100 Å². The van der Waals surface area contributed by atoms with Gasteiger partial charge in [0.2, 0.25) is 5.91 Å². The number of hydrogen-bond donors (Lipinski definition) is 3. The Balaban J connectivity index is 2.31. The van der Waals surface area contributed by atoms with Crippen molar-refractivity contribution in [2.75, 3.05) is 6.54 Å². The fourth-order valence-electron chi connectivity index (χ4n) is 1.48. The molecule has 0 aliphatic heterocycles. The van der Waals surface area contributed by atoms with Crippen LogP contribution in [0.4, 0.5) is 0 Å². The predicted molar refractivity (Wildman–Crippen MR) is 65.9 cm³/mol. The molecule has 5 heteroatoms. The van der Waals surface area contributed by atoms with Gasteiger partial charge in [-0.2, -0.15) is 0 Å². The Kier molecular flexibility index (Phi) is 5.00. The third-order valence-corrected chi connectivity index (χ3v) is 2.29. The van der Waals surface area contributed by atoms with Gasteiger partial charge >= 0.3 is 0 Å². The minimum atomic E-state index is -0.243. The largest absolute Gasteiger partial charge is 0.409 e. The molecule has 5 nitrogen and oxygen atoms in total. The molecule has 0 aliphatic rings. The van der Waals surface area contributed by atoms with Gasteiger partial charge < -0.3 is 16.3 Å². The molecule has 0 spiro atoms. The molecule has 0 heterocycles. The molecule has 1 rings (SSSR count). The Morgan fingerprint density at radius 1 is 1.53 bits per heavy atom. The fraction of sp³-hybridized carbons (Fsp3) is 0.333. The SMILES string of the molecule is Cc1cccc(CCNC(=O)CC(N)=NO)c1. The van der Waals surface area contributed by atoms with Crippen molar-refractivity contribution >= 4 is 11.7 Å². The van der Waals surface area contributed by atoms with Gasteiger partial charge in [0.25, 0.3) is 0 Å². The summed E-state index contributed by atoms with van der Waals surface area (Å²) in [7, 11) is 0. The Hall–Kier alpha value is -2.04. The average molecular weight is 235 g/mol. The predicted octanol–water partition coefficient (Wildman–Crippen LogP) is 0.790. The number of oxime groups is 1. The Morgan fingerprint density at radius 3 is 2.94 bits per heavy atom. The summed E-state index contributed by atoms with van der Waals surface area (Å²) in [6.45, 7) is 2.57. The number of nitrogens with zero attached hydrogens (tertiary/aromatic N) is 1. The molecule has 0 radical (unpaired) electrons. The van der Waals surface area contributed by atoms with Crippen LogP contribution in [-0.2, 0) is 11.2 Å². The lowest BCUT2D eigenvalue weighted by Crippen LogP contribution is -2.30. The standard InChI is InChI=1S/C12H17N3O2/c1-9-3-2-4-10(7-9)5-6-14-12(16)8-11(13)15-17/h2-4,7,17H,5-6,8H2,1H3,(H2,13,15)(H,14,16). The molecule has 0 unspecified atom stereocenters. The van der Waals surface area contributed by atoms with E-state index in [2.05, 4.69) is 16.5 Å². The molecule has 0 atom stereocenters. The van der Waals surface area contributed by atoms with E-state index in [1.54, 1.807) is 0 Å². The normalized spacial score (nSPS) is 11.2. The van der Waals surface area contributed by atoms with Crippen molar-refractivity contribution in [1.29, 1.82) is 0 Å². The highest BCUT2D eigenvalue weighted by Crippen LogP contribution is 2.03. The topological polar surface area (TPSA) is 87.7 Å². The molecule has 0 aliphatic carbocycles. The van der Waals surface area contributed by atoms with Crippen LogP contribution in [0.1, 0.15) is 17.5 Å². The Morgan fingerprint density at radius 2 is 2.29 bits per heavy atom. The number of hydrogen-bond acceptors (Lipinski definition) is 3. The summed E-state index contributed by atoms with van der Waals surface area (Å²) < 4.78 is 0. The van der Waals surface area contributed by atoms with Crippen LogP contribution < -0.4 is 11.1 Å². The molecule has 1 aromatic carbocycles. The van der Waals surface area contributed by atoms with Crippen LogP contribution in [0.3, 0.4) is 0 Å². The van der Waals surface area contributed by atoms with E-state index in [-0.39, 0.29) is 18.2 Å². The smallest absolute Gasteiger partial charge is 0.227 e. The molecule has 4 N–H and O–H groups in total. The number of amidine groups is 1. The van der Waals surface area contributed by atoms with Gasteiger partial charge in [0.1, 0.15) is 5.84 Å². The van der Waals surface area contributed by atoms with E-state index in [4.69, 9.17) is 10.9 Å². The van der Waals surface area contributed by atoms with Gasteiger partial charge in [-0.1, -0.05) is 35.0 Å². The molecule has 1 amide bonds. The molecule has 17 heavy (non-hydrogen) atoms. The summed E-state index contributed by atoms with van der Waals surface area (Å²) in [5, 5.41) is 13.7. The number of nitrogens with two attached hydrogens (primary N) is 1. The van der Waals surface area contributed by atoms with Gasteiger partial charge in [-0.3, -0.25) is 4.79 Å². The minimum Gasteiger partial charge on any atom is -0.409 e. The van der Waals surface area contributed by atoms with Gasteiger partial charge in [-0.25, -0.2) is 0 Å². The maximum atomic E-state index is 11.3. The van der Waals surface area contributed by atoms with Crippen LogP contribution >= 0.6 is 0 Å². The van der Waals surface area contributed by atoms with Crippen molar-refractivity contribution in [2.45, 2.75) is 19.8 Å².